The Morgan fingerprint density at radius 3 is 2.79 bits per heavy atom. The molecule has 0 aliphatic rings. The van der Waals surface area contributed by atoms with Crippen LogP contribution in [0.15, 0.2) is 33.3 Å². The lowest BCUT2D eigenvalue weighted by molar-refractivity contribution is 0.0651. The van der Waals surface area contributed by atoms with Crippen LogP contribution in [0.1, 0.15) is 21.0 Å². The van der Waals surface area contributed by atoms with Crippen molar-refractivity contribution in [3.63, 3.8) is 0 Å². The minimum absolute atomic E-state index is 0.135. The number of benzene rings is 1. The smallest absolute Gasteiger partial charge is 0.374 e. The summed E-state index contributed by atoms with van der Waals surface area (Å²) < 4.78 is 5.01. The Labute approximate surface area is 120 Å². The number of carboxylic acid groups (broad SMARTS) is 1. The molecule has 98 valence electrons. The van der Waals surface area contributed by atoms with Gasteiger partial charge in [0.15, 0.2) is 5.69 Å². The fourth-order valence-corrected chi connectivity index (χ4v) is 1.81. The Kier molecular flexibility index (Phi) is 3.87. The van der Waals surface area contributed by atoms with E-state index >= 15 is 0 Å². The van der Waals surface area contributed by atoms with Gasteiger partial charge < -0.3 is 14.9 Å². The van der Waals surface area contributed by atoms with Gasteiger partial charge in [-0.05, 0) is 28.1 Å². The van der Waals surface area contributed by atoms with E-state index < -0.39 is 17.6 Å². The summed E-state index contributed by atoms with van der Waals surface area (Å²) in [5, 5.41) is 15.0. The second kappa shape index (κ2) is 5.41. The number of carbonyl (C=O) groups is 2. The van der Waals surface area contributed by atoms with E-state index in [-0.39, 0.29) is 5.69 Å². The highest BCUT2D eigenvalue weighted by atomic mass is 79.9. The molecule has 2 N–H and O–H groups in total. The minimum Gasteiger partial charge on any atom is -0.475 e. The van der Waals surface area contributed by atoms with E-state index in [2.05, 4.69) is 30.9 Å². The van der Waals surface area contributed by atoms with Crippen molar-refractivity contribution >= 4 is 45.1 Å². The summed E-state index contributed by atoms with van der Waals surface area (Å²) in [5.74, 6) is -2.30. The van der Waals surface area contributed by atoms with Gasteiger partial charge in [0.25, 0.3) is 5.91 Å². The van der Waals surface area contributed by atoms with Gasteiger partial charge in [-0.2, -0.15) is 0 Å². The van der Waals surface area contributed by atoms with Crippen LogP contribution in [0.4, 0.5) is 5.69 Å². The molecule has 1 aromatic heterocycles. The Balaban J connectivity index is 2.21. The molecule has 0 unspecified atom stereocenters. The first-order valence-electron chi connectivity index (χ1n) is 4.94. The molecule has 0 saturated heterocycles. The summed E-state index contributed by atoms with van der Waals surface area (Å²) in [5.41, 5.74) is 0.307. The number of hydrogen-bond acceptors (Lipinski definition) is 4. The Hall–Kier alpha value is -1.86. The first-order chi connectivity index (χ1) is 8.99. The van der Waals surface area contributed by atoms with Crippen LogP contribution in [-0.2, 0) is 0 Å². The van der Waals surface area contributed by atoms with Gasteiger partial charge in [0, 0.05) is 6.07 Å². The fourth-order valence-electron chi connectivity index (χ4n) is 1.27. The second-order valence-corrected chi connectivity index (χ2v) is 4.64. The molecule has 19 heavy (non-hydrogen) atoms. The van der Waals surface area contributed by atoms with Crippen LogP contribution in [0.3, 0.4) is 0 Å². The summed E-state index contributed by atoms with van der Waals surface area (Å²) in [4.78, 5) is 22.4. The van der Waals surface area contributed by atoms with Crippen LogP contribution in [-0.4, -0.2) is 22.1 Å². The lowest BCUT2D eigenvalue weighted by Gasteiger charge is -2.06. The zero-order valence-corrected chi connectivity index (χ0v) is 11.5. The summed E-state index contributed by atoms with van der Waals surface area (Å²) >= 11 is 9.10. The van der Waals surface area contributed by atoms with Crippen molar-refractivity contribution in [2.45, 2.75) is 0 Å². The molecule has 0 bridgehead atoms. The fraction of sp³-hybridized carbons (Fsp3) is 0. The largest absolute Gasteiger partial charge is 0.475 e. The van der Waals surface area contributed by atoms with Gasteiger partial charge in [0.1, 0.15) is 0 Å². The van der Waals surface area contributed by atoms with Gasteiger partial charge >= 0.3 is 5.97 Å². The van der Waals surface area contributed by atoms with Crippen molar-refractivity contribution in [3.05, 3.63) is 45.2 Å². The summed E-state index contributed by atoms with van der Waals surface area (Å²) in [7, 11) is 0. The molecule has 0 radical (unpaired) electrons. The maximum atomic E-state index is 11.8. The molecule has 2 aromatic rings. The number of carboxylic acids is 1. The molecule has 1 heterocycles. The zero-order chi connectivity index (χ0) is 14.0. The minimum atomic E-state index is -1.30. The Bertz CT molecular complexity index is 656. The zero-order valence-electron chi connectivity index (χ0n) is 9.18. The molecule has 0 atom stereocenters. The van der Waals surface area contributed by atoms with Crippen molar-refractivity contribution < 1.29 is 19.2 Å². The topological polar surface area (TPSA) is 92.4 Å². The Morgan fingerprint density at radius 1 is 1.42 bits per heavy atom. The molecule has 0 fully saturated rings. The van der Waals surface area contributed by atoms with Crippen LogP contribution in [0.5, 0.6) is 0 Å². The lowest BCUT2D eigenvalue weighted by Crippen LogP contribution is -2.12. The number of rotatable bonds is 3. The first kappa shape index (κ1) is 13.6. The number of anilines is 1. The number of carbonyl (C=O) groups excluding carboxylic acids is 1. The van der Waals surface area contributed by atoms with Gasteiger partial charge in [-0.1, -0.05) is 22.8 Å². The predicted molar refractivity (Wildman–Crippen MR) is 70.6 cm³/mol. The van der Waals surface area contributed by atoms with Crippen LogP contribution in [0, 0.1) is 0 Å². The molecule has 6 nitrogen and oxygen atoms in total. The van der Waals surface area contributed by atoms with E-state index in [9.17, 15) is 9.59 Å². The standard InChI is InChI=1S/C11H6BrClN2O4/c12-9-5(13)2-1-3-6(9)14-10(16)7-4-8(11(17)18)19-15-7/h1-4H,(H,14,16)(H,17,18). The van der Waals surface area contributed by atoms with Crippen LogP contribution in [0.2, 0.25) is 5.02 Å². The van der Waals surface area contributed by atoms with Crippen molar-refractivity contribution in [2.75, 3.05) is 5.32 Å². The van der Waals surface area contributed by atoms with Crippen LogP contribution in [0.25, 0.3) is 0 Å². The normalized spacial score (nSPS) is 10.2. The molecule has 0 spiro atoms. The molecular formula is C11H6BrClN2O4. The maximum absolute atomic E-state index is 11.8. The van der Waals surface area contributed by atoms with E-state index in [1.165, 1.54) is 0 Å². The predicted octanol–water partition coefficient (Wildman–Crippen LogP) is 3.04. The molecule has 8 heteroatoms. The highest BCUT2D eigenvalue weighted by Crippen LogP contribution is 2.30. The first-order valence-corrected chi connectivity index (χ1v) is 6.11. The highest BCUT2D eigenvalue weighted by molar-refractivity contribution is 9.10. The number of nitrogens with zero attached hydrogens (tertiary/aromatic N) is 1. The average Bonchev–Trinajstić information content (AvgIpc) is 2.84. The number of hydrogen-bond donors (Lipinski definition) is 2. The van der Waals surface area contributed by atoms with E-state index in [0.29, 0.717) is 15.2 Å². The van der Waals surface area contributed by atoms with E-state index in [1.807, 2.05) is 0 Å². The Morgan fingerprint density at radius 2 is 2.16 bits per heavy atom. The SMILES string of the molecule is O=C(Nc1cccc(Cl)c1Br)c1cc(C(=O)O)on1. The second-order valence-electron chi connectivity index (χ2n) is 3.44. The molecular weight excluding hydrogens is 339 g/mol. The van der Waals surface area contributed by atoms with Gasteiger partial charge in [-0.3, -0.25) is 4.79 Å². The number of halogens is 2. The highest BCUT2D eigenvalue weighted by Gasteiger charge is 2.17. The van der Waals surface area contributed by atoms with Crippen molar-refractivity contribution in [1.82, 2.24) is 5.16 Å². The molecule has 1 aromatic carbocycles. The average molecular weight is 346 g/mol. The monoisotopic (exact) mass is 344 g/mol. The third-order valence-electron chi connectivity index (χ3n) is 2.15. The van der Waals surface area contributed by atoms with E-state index in [1.54, 1.807) is 18.2 Å². The van der Waals surface area contributed by atoms with Crippen LogP contribution >= 0.6 is 27.5 Å². The quantitative estimate of drug-likeness (QED) is 0.892. The molecule has 2 rings (SSSR count). The lowest BCUT2D eigenvalue weighted by atomic mass is 10.3. The number of nitrogens with one attached hydrogen (secondary N) is 1. The van der Waals surface area contributed by atoms with Gasteiger partial charge in [0.2, 0.25) is 5.76 Å². The molecule has 0 aliphatic heterocycles. The summed E-state index contributed by atoms with van der Waals surface area (Å²) in [6, 6.07) is 5.98. The van der Waals surface area contributed by atoms with E-state index in [4.69, 9.17) is 16.7 Å². The maximum Gasteiger partial charge on any atom is 0.374 e. The van der Waals surface area contributed by atoms with Gasteiger partial charge in [0.05, 0.1) is 15.2 Å². The number of aromatic carboxylic acids is 1. The van der Waals surface area contributed by atoms with Crippen molar-refractivity contribution in [2.24, 2.45) is 0 Å². The van der Waals surface area contributed by atoms with Gasteiger partial charge in [-0.25, -0.2) is 4.79 Å². The number of amides is 1. The van der Waals surface area contributed by atoms with Crippen molar-refractivity contribution in [1.29, 1.82) is 0 Å². The van der Waals surface area contributed by atoms with Crippen molar-refractivity contribution in [3.8, 4) is 0 Å². The third-order valence-corrected chi connectivity index (χ3v) is 3.55. The van der Waals surface area contributed by atoms with Gasteiger partial charge in [-0.15, -0.1) is 0 Å². The number of aromatic nitrogens is 1. The summed E-state index contributed by atoms with van der Waals surface area (Å²) in [6.07, 6.45) is 0. The van der Waals surface area contributed by atoms with Crippen LogP contribution < -0.4 is 5.32 Å². The molecule has 0 saturated carbocycles. The van der Waals surface area contributed by atoms with E-state index in [0.717, 1.165) is 6.07 Å². The molecule has 0 aliphatic carbocycles. The molecule has 1 amide bonds. The third kappa shape index (κ3) is 2.94. The summed E-state index contributed by atoms with van der Waals surface area (Å²) in [6.45, 7) is 0.